The Labute approximate surface area is 281 Å². The molecule has 0 spiro atoms. The number of nitrogens with zero attached hydrogens (tertiary/aromatic N) is 2. The van der Waals surface area contributed by atoms with Crippen LogP contribution in [0.3, 0.4) is 0 Å². The molecule has 4 rings (SSSR count). The fourth-order valence-corrected chi connectivity index (χ4v) is 6.86. The van der Waals surface area contributed by atoms with Gasteiger partial charge in [0.15, 0.2) is 0 Å². The van der Waals surface area contributed by atoms with Gasteiger partial charge in [-0.15, -0.1) is 11.3 Å². The van der Waals surface area contributed by atoms with Gasteiger partial charge >= 0.3 is 6.09 Å². The van der Waals surface area contributed by atoms with Crippen LogP contribution in [0, 0.1) is 5.92 Å². The molecule has 0 bridgehead atoms. The molecule has 12 heteroatoms. The summed E-state index contributed by atoms with van der Waals surface area (Å²) in [5, 5.41) is 10.5. The summed E-state index contributed by atoms with van der Waals surface area (Å²) in [5.74, 6) is -1.20. The summed E-state index contributed by atoms with van der Waals surface area (Å²) in [6.07, 6.45) is 1.99. The maximum Gasteiger partial charge on any atom is 0.408 e. The molecule has 2 aromatic rings. The average Bonchev–Trinajstić information content (AvgIpc) is 3.64. The van der Waals surface area contributed by atoms with E-state index in [9.17, 15) is 24.0 Å². The number of alkyl carbamates (subject to hydrolysis) is 1. The molecule has 1 aromatic heterocycles. The first-order valence-electron chi connectivity index (χ1n) is 16.5. The standard InChI is InChI=1S/C35H49N5O6S/c1-8-16-35(7,38-33(45)46-34(4,5)6)32(44)37-25(19-22(2)3)30(42)36-26-20-23-12-9-14-27(39-17-10-15-28(39)41)29(23)40(31(26)43)21-24-13-11-18-47-24/h9,11-14,18,22,25-26H,8,10,15-17,19-21H2,1-7H3,(H,36,42)(H,37,44)(H,38,45)/t25-,26?,35?/m1/s1. The number of rotatable bonds is 12. The predicted molar refractivity (Wildman–Crippen MR) is 183 cm³/mol. The lowest BCUT2D eigenvalue weighted by molar-refractivity contribution is -0.134. The minimum atomic E-state index is -1.33. The number of hydrogen-bond acceptors (Lipinski definition) is 7. The second-order valence-corrected chi connectivity index (χ2v) is 15.1. The van der Waals surface area contributed by atoms with E-state index >= 15 is 0 Å². The molecule has 2 unspecified atom stereocenters. The SMILES string of the molecule is CCCC(C)(NC(=O)OC(C)(C)C)C(=O)N[C@H](CC(C)C)C(=O)NC1Cc2cccc(N3CCCC3=O)c2N(Cc2cccs2)C1=O. The van der Waals surface area contributed by atoms with Gasteiger partial charge in [-0.3, -0.25) is 19.2 Å². The first kappa shape index (κ1) is 35.9. The highest BCUT2D eigenvalue weighted by Gasteiger charge is 2.41. The van der Waals surface area contributed by atoms with Crippen LogP contribution in [0.1, 0.15) is 91.0 Å². The van der Waals surface area contributed by atoms with Gasteiger partial charge in [-0.1, -0.05) is 45.4 Å². The van der Waals surface area contributed by atoms with Crippen molar-refractivity contribution in [2.45, 2.75) is 117 Å². The van der Waals surface area contributed by atoms with Crippen molar-refractivity contribution in [2.75, 3.05) is 16.3 Å². The molecule has 1 fully saturated rings. The molecule has 5 amide bonds. The molecule has 2 aliphatic heterocycles. The van der Waals surface area contributed by atoms with E-state index in [4.69, 9.17) is 4.74 Å². The molecule has 3 N–H and O–H groups in total. The minimum absolute atomic E-state index is 0.0286. The normalized spacial score (nSPS) is 18.4. The van der Waals surface area contributed by atoms with Gasteiger partial charge in [0.1, 0.15) is 23.2 Å². The van der Waals surface area contributed by atoms with E-state index in [2.05, 4.69) is 16.0 Å². The van der Waals surface area contributed by atoms with Crippen molar-refractivity contribution in [3.8, 4) is 0 Å². The van der Waals surface area contributed by atoms with E-state index in [1.54, 1.807) is 37.5 Å². The summed E-state index contributed by atoms with van der Waals surface area (Å²) in [7, 11) is 0. The summed E-state index contributed by atoms with van der Waals surface area (Å²) in [6, 6.07) is 7.73. The van der Waals surface area contributed by atoms with Crippen LogP contribution in [-0.4, -0.2) is 59.5 Å². The average molecular weight is 668 g/mol. The van der Waals surface area contributed by atoms with E-state index in [0.717, 1.165) is 16.9 Å². The zero-order chi connectivity index (χ0) is 34.5. The van der Waals surface area contributed by atoms with Crippen LogP contribution in [0.2, 0.25) is 0 Å². The third kappa shape index (κ3) is 8.91. The highest BCUT2D eigenvalue weighted by atomic mass is 32.1. The topological polar surface area (TPSA) is 137 Å². The Morgan fingerprint density at radius 1 is 1.09 bits per heavy atom. The van der Waals surface area contributed by atoms with E-state index in [1.807, 2.05) is 56.5 Å². The van der Waals surface area contributed by atoms with Crippen molar-refractivity contribution in [2.24, 2.45) is 5.92 Å². The molecule has 0 aliphatic carbocycles. The fraction of sp³-hybridized carbons (Fsp3) is 0.571. The zero-order valence-corrected chi connectivity index (χ0v) is 29.4. The molecule has 1 aromatic carbocycles. The van der Waals surface area contributed by atoms with Gasteiger partial charge in [-0.05, 0) is 76.0 Å². The maximum absolute atomic E-state index is 14.2. The number of anilines is 2. The van der Waals surface area contributed by atoms with E-state index in [1.165, 1.54) is 11.3 Å². The summed E-state index contributed by atoms with van der Waals surface area (Å²) < 4.78 is 5.41. The van der Waals surface area contributed by atoms with Crippen LogP contribution < -0.4 is 25.8 Å². The highest BCUT2D eigenvalue weighted by molar-refractivity contribution is 7.09. The Balaban J connectivity index is 1.59. The number of thiophene rings is 1. The first-order valence-corrected chi connectivity index (χ1v) is 17.4. The van der Waals surface area contributed by atoms with Crippen LogP contribution in [0.25, 0.3) is 0 Å². The largest absolute Gasteiger partial charge is 0.444 e. The minimum Gasteiger partial charge on any atom is -0.444 e. The van der Waals surface area contributed by atoms with Gasteiger partial charge in [0, 0.05) is 24.3 Å². The number of nitrogens with one attached hydrogen (secondary N) is 3. The van der Waals surface area contributed by atoms with Crippen molar-refractivity contribution < 1.29 is 28.7 Å². The number of benzene rings is 1. The van der Waals surface area contributed by atoms with Gasteiger partial charge in [0.2, 0.25) is 23.6 Å². The number of hydrogen-bond donors (Lipinski definition) is 3. The molecule has 2 aliphatic rings. The number of amides is 5. The maximum atomic E-state index is 14.2. The van der Waals surface area contributed by atoms with Gasteiger partial charge in [0.05, 0.1) is 17.9 Å². The second kappa shape index (κ2) is 14.9. The van der Waals surface area contributed by atoms with Crippen molar-refractivity contribution in [3.05, 3.63) is 46.2 Å². The molecule has 256 valence electrons. The molecular weight excluding hydrogens is 618 g/mol. The van der Waals surface area contributed by atoms with Crippen LogP contribution in [0.5, 0.6) is 0 Å². The number of carbonyl (C=O) groups is 5. The van der Waals surface area contributed by atoms with Gasteiger partial charge in [-0.25, -0.2) is 4.79 Å². The van der Waals surface area contributed by atoms with E-state index in [-0.39, 0.29) is 24.2 Å². The van der Waals surface area contributed by atoms with Gasteiger partial charge in [-0.2, -0.15) is 0 Å². The number of ether oxygens (including phenoxy) is 1. The lowest BCUT2D eigenvalue weighted by atomic mass is 9.93. The molecule has 3 heterocycles. The molecule has 47 heavy (non-hydrogen) atoms. The second-order valence-electron chi connectivity index (χ2n) is 14.1. The Bertz CT molecular complexity index is 1470. The summed E-state index contributed by atoms with van der Waals surface area (Å²) in [4.78, 5) is 71.7. The Morgan fingerprint density at radius 3 is 2.43 bits per heavy atom. The van der Waals surface area contributed by atoms with Gasteiger partial charge < -0.3 is 30.5 Å². The monoisotopic (exact) mass is 667 g/mol. The predicted octanol–water partition coefficient (Wildman–Crippen LogP) is 5.06. The molecule has 0 radical (unpaired) electrons. The zero-order valence-electron chi connectivity index (χ0n) is 28.6. The molecule has 11 nitrogen and oxygen atoms in total. The summed E-state index contributed by atoms with van der Waals surface area (Å²) in [6.45, 7) is 13.5. The van der Waals surface area contributed by atoms with Gasteiger partial charge in [0.25, 0.3) is 0 Å². The van der Waals surface area contributed by atoms with E-state index in [0.29, 0.717) is 50.1 Å². The van der Waals surface area contributed by atoms with Crippen LogP contribution in [-0.2, 0) is 36.9 Å². The van der Waals surface area contributed by atoms with Crippen molar-refractivity contribution >= 4 is 52.4 Å². The Kier molecular flexibility index (Phi) is 11.4. The third-order valence-corrected chi connectivity index (χ3v) is 9.15. The summed E-state index contributed by atoms with van der Waals surface area (Å²) >= 11 is 1.53. The molecule has 3 atom stereocenters. The molecule has 1 saturated heterocycles. The quantitative estimate of drug-likeness (QED) is 0.289. The smallest absolute Gasteiger partial charge is 0.408 e. The van der Waals surface area contributed by atoms with Crippen LogP contribution in [0.4, 0.5) is 16.2 Å². The molecule has 0 saturated carbocycles. The number of fused-ring (bicyclic) bond motifs is 1. The van der Waals surface area contributed by atoms with Crippen molar-refractivity contribution in [3.63, 3.8) is 0 Å². The fourth-order valence-electron chi connectivity index (χ4n) is 6.16. The third-order valence-electron chi connectivity index (χ3n) is 8.29. The number of carbonyl (C=O) groups excluding carboxylic acids is 5. The van der Waals surface area contributed by atoms with Crippen molar-refractivity contribution in [1.82, 2.24) is 16.0 Å². The van der Waals surface area contributed by atoms with Crippen LogP contribution >= 0.6 is 11.3 Å². The highest BCUT2D eigenvalue weighted by Crippen LogP contribution is 2.40. The first-order chi connectivity index (χ1) is 22.1. The van der Waals surface area contributed by atoms with Crippen LogP contribution in [0.15, 0.2) is 35.7 Å². The lowest BCUT2D eigenvalue weighted by Crippen LogP contribution is -2.62. The van der Waals surface area contributed by atoms with E-state index < -0.39 is 41.1 Å². The van der Waals surface area contributed by atoms with Crippen molar-refractivity contribution in [1.29, 1.82) is 0 Å². The Hall–Kier alpha value is -3.93. The molecular formula is C35H49N5O6S. The number of para-hydroxylation sites is 1. The Morgan fingerprint density at radius 2 is 1.83 bits per heavy atom. The summed E-state index contributed by atoms with van der Waals surface area (Å²) in [5.41, 5.74) is 0.179. The lowest BCUT2D eigenvalue weighted by Gasteiger charge is -2.38.